The highest BCUT2D eigenvalue weighted by molar-refractivity contribution is 14.0. The van der Waals surface area contributed by atoms with E-state index in [1.54, 1.807) is 7.11 Å². The quantitative estimate of drug-likeness (QED) is 0.230. The molecular formula is C20H41IN4O2. The van der Waals surface area contributed by atoms with Gasteiger partial charge in [0.25, 0.3) is 0 Å². The number of aliphatic imine (C=N–C) groups is 1. The first kappa shape index (κ1) is 24.9. The van der Waals surface area contributed by atoms with Crippen LogP contribution in [0.25, 0.3) is 0 Å². The van der Waals surface area contributed by atoms with Gasteiger partial charge in [-0.05, 0) is 45.6 Å². The second kappa shape index (κ2) is 14.0. The molecular weight excluding hydrogens is 455 g/mol. The molecule has 2 aliphatic rings. The molecule has 6 nitrogen and oxygen atoms in total. The smallest absolute Gasteiger partial charge is 0.193 e. The molecule has 0 aromatic carbocycles. The maximum absolute atomic E-state index is 5.71. The Morgan fingerprint density at radius 1 is 1.22 bits per heavy atom. The Hall–Kier alpha value is -0.120. The standard InChI is InChI=1S/C20H40N4O2.HI/c1-5-21-20(22-13-18(3)23-9-6-7-17(2)14-23)24-10-8-19(15-24)16-26-12-11-25-4;/h17-19H,5-16H2,1-4H3,(H,21,22);1H. The number of ether oxygens (including phenoxy) is 2. The van der Waals surface area contributed by atoms with Gasteiger partial charge in [-0.2, -0.15) is 0 Å². The van der Waals surface area contributed by atoms with Gasteiger partial charge in [0.1, 0.15) is 0 Å². The number of methoxy groups -OCH3 is 1. The molecule has 2 saturated heterocycles. The van der Waals surface area contributed by atoms with Crippen molar-refractivity contribution >= 4 is 29.9 Å². The number of rotatable bonds is 9. The summed E-state index contributed by atoms with van der Waals surface area (Å²) in [6, 6.07) is 0.516. The van der Waals surface area contributed by atoms with Crippen LogP contribution < -0.4 is 5.32 Å². The van der Waals surface area contributed by atoms with Crippen LogP contribution >= 0.6 is 24.0 Å². The molecule has 27 heavy (non-hydrogen) atoms. The van der Waals surface area contributed by atoms with Crippen molar-refractivity contribution in [1.82, 2.24) is 15.1 Å². The Labute approximate surface area is 183 Å². The summed E-state index contributed by atoms with van der Waals surface area (Å²) in [6.45, 7) is 15.4. The molecule has 0 radical (unpaired) electrons. The van der Waals surface area contributed by atoms with Crippen molar-refractivity contribution in [2.45, 2.75) is 46.1 Å². The van der Waals surface area contributed by atoms with Gasteiger partial charge < -0.3 is 19.7 Å². The number of guanidine groups is 1. The fourth-order valence-corrected chi connectivity index (χ4v) is 3.94. The number of hydrogen-bond acceptors (Lipinski definition) is 4. The van der Waals surface area contributed by atoms with Crippen LogP contribution in [0, 0.1) is 11.8 Å². The van der Waals surface area contributed by atoms with Gasteiger partial charge in [0.2, 0.25) is 0 Å². The molecule has 0 bridgehead atoms. The Bertz CT molecular complexity index is 425. The number of likely N-dealkylation sites (tertiary alicyclic amines) is 2. The number of piperidine rings is 1. The summed E-state index contributed by atoms with van der Waals surface area (Å²) in [7, 11) is 1.71. The molecule has 0 spiro atoms. The molecule has 2 aliphatic heterocycles. The van der Waals surface area contributed by atoms with E-state index in [0.717, 1.165) is 44.7 Å². The van der Waals surface area contributed by atoms with Crippen molar-refractivity contribution in [2.75, 3.05) is 66.2 Å². The first-order chi connectivity index (χ1) is 12.6. The van der Waals surface area contributed by atoms with Gasteiger partial charge in [-0.25, -0.2) is 0 Å². The Kier molecular flexibility index (Phi) is 12.9. The second-order valence-corrected chi connectivity index (χ2v) is 7.95. The molecule has 3 atom stereocenters. The molecule has 160 valence electrons. The minimum Gasteiger partial charge on any atom is -0.382 e. The van der Waals surface area contributed by atoms with Crippen LogP contribution in [0.1, 0.15) is 40.0 Å². The number of nitrogens with zero attached hydrogens (tertiary/aromatic N) is 3. The number of hydrogen-bond donors (Lipinski definition) is 1. The van der Waals surface area contributed by atoms with E-state index in [2.05, 4.69) is 35.9 Å². The molecule has 3 unspecified atom stereocenters. The minimum atomic E-state index is 0. The van der Waals surface area contributed by atoms with E-state index >= 15 is 0 Å². The fraction of sp³-hybridized carbons (Fsp3) is 0.950. The van der Waals surface area contributed by atoms with Gasteiger partial charge in [-0.3, -0.25) is 9.89 Å². The van der Waals surface area contributed by atoms with Crippen LogP contribution in [-0.2, 0) is 9.47 Å². The van der Waals surface area contributed by atoms with E-state index in [1.165, 1.54) is 32.4 Å². The third kappa shape index (κ3) is 8.83. The molecule has 0 aromatic heterocycles. The normalized spacial score (nSPS) is 25.3. The van der Waals surface area contributed by atoms with Crippen molar-refractivity contribution in [1.29, 1.82) is 0 Å². The first-order valence-electron chi connectivity index (χ1n) is 10.5. The fourth-order valence-electron chi connectivity index (χ4n) is 3.94. The summed E-state index contributed by atoms with van der Waals surface area (Å²) < 4.78 is 10.8. The van der Waals surface area contributed by atoms with Gasteiger partial charge in [0, 0.05) is 45.2 Å². The molecule has 2 fully saturated rings. The Morgan fingerprint density at radius 3 is 2.74 bits per heavy atom. The summed E-state index contributed by atoms with van der Waals surface area (Å²) in [5.41, 5.74) is 0. The van der Waals surface area contributed by atoms with Gasteiger partial charge in [-0.1, -0.05) is 6.92 Å². The van der Waals surface area contributed by atoms with Crippen LogP contribution in [0.15, 0.2) is 4.99 Å². The lowest BCUT2D eigenvalue weighted by molar-refractivity contribution is 0.0536. The van der Waals surface area contributed by atoms with Crippen molar-refractivity contribution in [2.24, 2.45) is 16.8 Å². The highest BCUT2D eigenvalue weighted by Gasteiger charge is 2.26. The van der Waals surface area contributed by atoms with Crippen LogP contribution in [0.4, 0.5) is 0 Å². The van der Waals surface area contributed by atoms with Crippen LogP contribution in [0.3, 0.4) is 0 Å². The van der Waals surface area contributed by atoms with E-state index in [1.807, 2.05) is 0 Å². The average molecular weight is 496 g/mol. The van der Waals surface area contributed by atoms with E-state index < -0.39 is 0 Å². The SMILES string of the molecule is CCNC(=NCC(C)N1CCCC(C)C1)N1CCC(COCCOC)C1.I. The summed E-state index contributed by atoms with van der Waals surface area (Å²) in [4.78, 5) is 9.98. The maximum atomic E-state index is 5.71. The molecule has 0 amide bonds. The maximum Gasteiger partial charge on any atom is 0.193 e. The molecule has 2 rings (SSSR count). The van der Waals surface area contributed by atoms with Crippen molar-refractivity contribution in [3.05, 3.63) is 0 Å². The van der Waals surface area contributed by atoms with Gasteiger partial charge in [0.05, 0.1) is 26.4 Å². The van der Waals surface area contributed by atoms with E-state index in [-0.39, 0.29) is 24.0 Å². The van der Waals surface area contributed by atoms with Crippen LogP contribution in [0.5, 0.6) is 0 Å². The Morgan fingerprint density at radius 2 is 2.04 bits per heavy atom. The molecule has 1 N–H and O–H groups in total. The van der Waals surface area contributed by atoms with Crippen LogP contribution in [-0.4, -0.2) is 88.0 Å². The monoisotopic (exact) mass is 496 g/mol. The third-order valence-electron chi connectivity index (χ3n) is 5.52. The lowest BCUT2D eigenvalue weighted by atomic mass is 9.99. The lowest BCUT2D eigenvalue weighted by Gasteiger charge is -2.35. The molecule has 0 aliphatic carbocycles. The van der Waals surface area contributed by atoms with E-state index in [0.29, 0.717) is 25.2 Å². The predicted octanol–water partition coefficient (Wildman–Crippen LogP) is 2.68. The lowest BCUT2D eigenvalue weighted by Crippen LogP contribution is -2.44. The van der Waals surface area contributed by atoms with Crippen molar-refractivity contribution < 1.29 is 9.47 Å². The number of nitrogens with one attached hydrogen (secondary N) is 1. The highest BCUT2D eigenvalue weighted by atomic mass is 127. The summed E-state index contributed by atoms with van der Waals surface area (Å²) in [5.74, 6) is 2.49. The summed E-state index contributed by atoms with van der Waals surface area (Å²) in [5, 5.41) is 3.49. The van der Waals surface area contributed by atoms with Crippen molar-refractivity contribution in [3.8, 4) is 0 Å². The second-order valence-electron chi connectivity index (χ2n) is 7.95. The molecule has 7 heteroatoms. The topological polar surface area (TPSA) is 49.3 Å². The number of halogens is 1. The average Bonchev–Trinajstić information content (AvgIpc) is 3.11. The zero-order chi connectivity index (χ0) is 18.8. The summed E-state index contributed by atoms with van der Waals surface area (Å²) >= 11 is 0. The molecule has 2 heterocycles. The van der Waals surface area contributed by atoms with Crippen LogP contribution in [0.2, 0.25) is 0 Å². The van der Waals surface area contributed by atoms with Gasteiger partial charge in [-0.15, -0.1) is 24.0 Å². The minimum absolute atomic E-state index is 0. The molecule has 0 aromatic rings. The predicted molar refractivity (Wildman–Crippen MR) is 123 cm³/mol. The zero-order valence-corrected chi connectivity index (χ0v) is 20.1. The third-order valence-corrected chi connectivity index (χ3v) is 5.52. The summed E-state index contributed by atoms with van der Waals surface area (Å²) in [6.07, 6.45) is 3.87. The van der Waals surface area contributed by atoms with Gasteiger partial charge in [0.15, 0.2) is 5.96 Å². The van der Waals surface area contributed by atoms with E-state index in [9.17, 15) is 0 Å². The highest BCUT2D eigenvalue weighted by Crippen LogP contribution is 2.19. The first-order valence-corrected chi connectivity index (χ1v) is 10.5. The van der Waals surface area contributed by atoms with Gasteiger partial charge >= 0.3 is 0 Å². The van der Waals surface area contributed by atoms with Crippen molar-refractivity contribution in [3.63, 3.8) is 0 Å². The largest absolute Gasteiger partial charge is 0.382 e. The van der Waals surface area contributed by atoms with E-state index in [4.69, 9.17) is 14.5 Å². The zero-order valence-electron chi connectivity index (χ0n) is 17.8. The molecule has 0 saturated carbocycles. The Balaban J connectivity index is 0.00000364.